The van der Waals surface area contributed by atoms with E-state index in [1.54, 1.807) is 12.4 Å². The van der Waals surface area contributed by atoms with Crippen LogP contribution in [0.5, 0.6) is 0 Å². The number of hydrogen-bond acceptors (Lipinski definition) is 8. The van der Waals surface area contributed by atoms with E-state index >= 15 is 0 Å². The molecule has 0 spiro atoms. The Hall–Kier alpha value is -2.33. The molecule has 0 aliphatic carbocycles. The summed E-state index contributed by atoms with van der Waals surface area (Å²) in [5.41, 5.74) is 0.881. The number of nitrogens with zero attached hydrogens (tertiary/aromatic N) is 6. The van der Waals surface area contributed by atoms with Crippen molar-refractivity contribution >= 4 is 34.1 Å². The molecule has 0 saturated heterocycles. The van der Waals surface area contributed by atoms with E-state index in [4.69, 9.17) is 0 Å². The van der Waals surface area contributed by atoms with E-state index in [-0.39, 0.29) is 11.7 Å². The summed E-state index contributed by atoms with van der Waals surface area (Å²) in [6, 6.07) is 3.76. The maximum Gasteiger partial charge on any atom is 0.236 e. The van der Waals surface area contributed by atoms with E-state index in [1.807, 2.05) is 23.7 Å². The summed E-state index contributed by atoms with van der Waals surface area (Å²) in [7, 11) is 1.87. The first-order valence-corrected chi connectivity index (χ1v) is 9.52. The van der Waals surface area contributed by atoms with E-state index in [0.29, 0.717) is 16.1 Å². The average molecular weight is 375 g/mol. The van der Waals surface area contributed by atoms with E-state index in [1.165, 1.54) is 23.1 Å². The van der Waals surface area contributed by atoms with E-state index in [0.717, 1.165) is 23.4 Å². The highest BCUT2D eigenvalue weighted by molar-refractivity contribution is 7.99. The summed E-state index contributed by atoms with van der Waals surface area (Å²) in [5.74, 6) is 0.793. The van der Waals surface area contributed by atoms with E-state index < -0.39 is 0 Å². The summed E-state index contributed by atoms with van der Waals surface area (Å²) in [6.45, 7) is 2.08. The molecule has 8 nitrogen and oxygen atoms in total. The van der Waals surface area contributed by atoms with Crippen molar-refractivity contribution in [1.82, 2.24) is 29.9 Å². The number of hydrogen-bond donors (Lipinski definition) is 1. The van der Waals surface area contributed by atoms with Gasteiger partial charge in [-0.25, -0.2) is 0 Å². The van der Waals surface area contributed by atoms with Crippen LogP contribution in [0, 0.1) is 0 Å². The van der Waals surface area contributed by atoms with Crippen LogP contribution in [0.25, 0.3) is 11.4 Å². The molecule has 3 rings (SSSR count). The lowest BCUT2D eigenvalue weighted by atomic mass is 10.3. The topological polar surface area (TPSA) is 98.5 Å². The molecule has 0 aliphatic rings. The van der Waals surface area contributed by atoms with Crippen LogP contribution < -0.4 is 5.32 Å². The van der Waals surface area contributed by atoms with Gasteiger partial charge in [0.1, 0.15) is 5.01 Å². The minimum absolute atomic E-state index is 0.143. The zero-order valence-corrected chi connectivity index (χ0v) is 15.5. The SMILES string of the molecule is CCCc1nnc(NC(=O)CSc2nnc(-c3cccnc3)n2C)s1. The van der Waals surface area contributed by atoms with Gasteiger partial charge in [0.2, 0.25) is 11.0 Å². The van der Waals surface area contributed by atoms with Gasteiger partial charge in [0.05, 0.1) is 5.75 Å². The van der Waals surface area contributed by atoms with Gasteiger partial charge >= 0.3 is 0 Å². The molecule has 0 aromatic carbocycles. The Balaban J connectivity index is 1.58. The number of anilines is 1. The smallest absolute Gasteiger partial charge is 0.236 e. The Bertz CT molecular complexity index is 847. The lowest BCUT2D eigenvalue weighted by Crippen LogP contribution is -2.14. The van der Waals surface area contributed by atoms with Crippen LogP contribution >= 0.6 is 23.1 Å². The fourth-order valence-corrected chi connectivity index (χ4v) is 3.66. The molecule has 0 saturated carbocycles. The lowest BCUT2D eigenvalue weighted by molar-refractivity contribution is -0.113. The van der Waals surface area contributed by atoms with E-state index in [9.17, 15) is 4.79 Å². The third-order valence-corrected chi connectivity index (χ3v) is 5.18. The number of rotatable bonds is 7. The molecular formula is C15H17N7OS2. The van der Waals surface area contributed by atoms with Crippen LogP contribution in [-0.4, -0.2) is 41.6 Å². The molecule has 0 fully saturated rings. The maximum atomic E-state index is 12.1. The maximum absolute atomic E-state index is 12.1. The standard InChI is InChI=1S/C15H17N7OS2/c1-3-5-12-18-20-14(25-12)17-11(23)9-24-15-21-19-13(22(15)2)10-6-4-7-16-8-10/h4,6-8H,3,5,9H2,1-2H3,(H,17,20,23). The summed E-state index contributed by atoms with van der Waals surface area (Å²) >= 11 is 2.73. The van der Waals surface area contributed by atoms with E-state index in [2.05, 4.69) is 37.6 Å². The third-order valence-electron chi connectivity index (χ3n) is 3.26. The van der Waals surface area contributed by atoms with Gasteiger partial charge in [-0.2, -0.15) is 0 Å². The molecule has 10 heteroatoms. The molecule has 1 N–H and O–H groups in total. The molecular weight excluding hydrogens is 358 g/mol. The summed E-state index contributed by atoms with van der Waals surface area (Å²) in [6.07, 6.45) is 5.32. The van der Waals surface area contributed by atoms with Crippen molar-refractivity contribution in [3.05, 3.63) is 29.5 Å². The molecule has 0 unspecified atom stereocenters. The van der Waals surface area contributed by atoms with Gasteiger partial charge in [0.25, 0.3) is 0 Å². The predicted octanol–water partition coefficient (Wildman–Crippen LogP) is 2.41. The molecule has 0 aliphatic heterocycles. The molecule has 130 valence electrons. The predicted molar refractivity (Wildman–Crippen MR) is 97.5 cm³/mol. The average Bonchev–Trinajstić information content (AvgIpc) is 3.21. The first kappa shape index (κ1) is 17.5. The number of thioether (sulfide) groups is 1. The van der Waals surface area contributed by atoms with Gasteiger partial charge in [-0.1, -0.05) is 30.0 Å². The quantitative estimate of drug-likeness (QED) is 0.633. The summed E-state index contributed by atoms with van der Waals surface area (Å²) in [5, 5.41) is 21.2. The second kappa shape index (κ2) is 8.17. The van der Waals surface area contributed by atoms with Crippen LogP contribution in [0.2, 0.25) is 0 Å². The largest absolute Gasteiger partial charge is 0.305 e. The zero-order valence-electron chi connectivity index (χ0n) is 13.8. The highest BCUT2D eigenvalue weighted by atomic mass is 32.2. The number of amides is 1. The first-order chi connectivity index (χ1) is 12.2. The molecule has 25 heavy (non-hydrogen) atoms. The highest BCUT2D eigenvalue weighted by Crippen LogP contribution is 2.22. The summed E-state index contributed by atoms with van der Waals surface area (Å²) in [4.78, 5) is 16.2. The van der Waals surface area contributed by atoms with Crippen molar-refractivity contribution in [2.75, 3.05) is 11.1 Å². The Morgan fingerprint density at radius 3 is 2.96 bits per heavy atom. The molecule has 0 radical (unpaired) electrons. The van der Waals surface area contributed by atoms with Gasteiger partial charge in [-0.05, 0) is 18.6 Å². The second-order valence-corrected chi connectivity index (χ2v) is 7.20. The molecule has 0 atom stereocenters. The van der Waals surface area contributed by atoms with Gasteiger partial charge in [0, 0.05) is 31.4 Å². The summed E-state index contributed by atoms with van der Waals surface area (Å²) < 4.78 is 1.85. The second-order valence-electron chi connectivity index (χ2n) is 5.19. The van der Waals surface area contributed by atoms with Crippen molar-refractivity contribution in [3.63, 3.8) is 0 Å². The van der Waals surface area contributed by atoms with Gasteiger partial charge < -0.3 is 4.57 Å². The third kappa shape index (κ3) is 4.40. The van der Waals surface area contributed by atoms with Crippen molar-refractivity contribution in [2.45, 2.75) is 24.9 Å². The van der Waals surface area contributed by atoms with Crippen molar-refractivity contribution < 1.29 is 4.79 Å². The monoisotopic (exact) mass is 375 g/mol. The molecule has 3 aromatic heterocycles. The first-order valence-electron chi connectivity index (χ1n) is 7.72. The Morgan fingerprint density at radius 2 is 2.20 bits per heavy atom. The van der Waals surface area contributed by atoms with Crippen LogP contribution in [-0.2, 0) is 18.3 Å². The van der Waals surface area contributed by atoms with Crippen molar-refractivity contribution in [1.29, 1.82) is 0 Å². The van der Waals surface area contributed by atoms with Crippen LogP contribution in [0.1, 0.15) is 18.4 Å². The van der Waals surface area contributed by atoms with Gasteiger partial charge in [-0.3, -0.25) is 15.1 Å². The Morgan fingerprint density at radius 1 is 1.32 bits per heavy atom. The molecule has 3 heterocycles. The normalized spacial score (nSPS) is 10.8. The highest BCUT2D eigenvalue weighted by Gasteiger charge is 2.14. The minimum Gasteiger partial charge on any atom is -0.305 e. The number of nitrogens with one attached hydrogen (secondary N) is 1. The fourth-order valence-electron chi connectivity index (χ4n) is 2.09. The number of pyridine rings is 1. The minimum atomic E-state index is -0.143. The Labute approximate surface area is 153 Å². The van der Waals surface area contributed by atoms with Crippen LogP contribution in [0.15, 0.2) is 29.7 Å². The van der Waals surface area contributed by atoms with Crippen LogP contribution in [0.3, 0.4) is 0 Å². The zero-order chi connectivity index (χ0) is 17.6. The molecule has 1 amide bonds. The van der Waals surface area contributed by atoms with Crippen molar-refractivity contribution in [2.24, 2.45) is 7.05 Å². The Kier molecular flexibility index (Phi) is 5.71. The van der Waals surface area contributed by atoms with Gasteiger partial charge in [0.15, 0.2) is 11.0 Å². The van der Waals surface area contributed by atoms with Crippen LogP contribution in [0.4, 0.5) is 5.13 Å². The fraction of sp³-hybridized carbons (Fsp3) is 0.333. The number of carbonyl (C=O) groups is 1. The van der Waals surface area contributed by atoms with Crippen molar-refractivity contribution in [3.8, 4) is 11.4 Å². The molecule has 0 bridgehead atoms. The molecule has 3 aromatic rings. The number of aromatic nitrogens is 6. The number of carbonyl (C=O) groups excluding carboxylic acids is 1. The number of aryl methyl sites for hydroxylation is 1. The lowest BCUT2D eigenvalue weighted by Gasteiger charge is -2.03. The van der Waals surface area contributed by atoms with Gasteiger partial charge in [-0.15, -0.1) is 20.4 Å².